The SMILES string of the molecule is CN(C)c1ccc(NC(=O)NCCOc2ccccc2F)cc1. The number of hydrogen-bond acceptors (Lipinski definition) is 3. The van der Waals surface area contributed by atoms with E-state index < -0.39 is 5.82 Å². The van der Waals surface area contributed by atoms with Crippen LogP contribution in [0.1, 0.15) is 0 Å². The largest absolute Gasteiger partial charge is 0.489 e. The lowest BCUT2D eigenvalue weighted by atomic mass is 10.2. The molecule has 0 bridgehead atoms. The number of anilines is 2. The number of benzene rings is 2. The summed E-state index contributed by atoms with van der Waals surface area (Å²) in [6.45, 7) is 0.462. The van der Waals surface area contributed by atoms with Gasteiger partial charge in [0.05, 0.1) is 6.54 Å². The topological polar surface area (TPSA) is 53.6 Å². The van der Waals surface area contributed by atoms with Gasteiger partial charge in [0.1, 0.15) is 6.61 Å². The number of carbonyl (C=O) groups excluding carboxylic acids is 1. The standard InChI is InChI=1S/C17H20FN3O2/c1-21(2)14-9-7-13(8-10-14)20-17(22)19-11-12-23-16-6-4-3-5-15(16)18/h3-10H,11-12H2,1-2H3,(H2,19,20,22). The van der Waals surface area contributed by atoms with Crippen molar-refractivity contribution in [2.75, 3.05) is 37.5 Å². The molecule has 2 rings (SSSR count). The molecular weight excluding hydrogens is 297 g/mol. The van der Waals surface area contributed by atoms with Crippen LogP contribution in [0.15, 0.2) is 48.5 Å². The monoisotopic (exact) mass is 317 g/mol. The summed E-state index contributed by atoms with van der Waals surface area (Å²) < 4.78 is 18.6. The zero-order valence-electron chi connectivity index (χ0n) is 13.2. The first-order chi connectivity index (χ1) is 11.1. The molecule has 0 aliphatic carbocycles. The molecule has 0 saturated carbocycles. The summed E-state index contributed by atoms with van der Waals surface area (Å²) in [5.74, 6) is -0.244. The molecule has 0 saturated heterocycles. The van der Waals surface area contributed by atoms with Crippen LogP contribution in [0.5, 0.6) is 5.75 Å². The van der Waals surface area contributed by atoms with Gasteiger partial charge < -0.3 is 20.3 Å². The van der Waals surface area contributed by atoms with E-state index in [1.165, 1.54) is 6.07 Å². The van der Waals surface area contributed by atoms with Crippen molar-refractivity contribution in [3.05, 3.63) is 54.3 Å². The zero-order chi connectivity index (χ0) is 16.7. The molecule has 2 N–H and O–H groups in total. The summed E-state index contributed by atoms with van der Waals surface area (Å²) in [6.07, 6.45) is 0. The lowest BCUT2D eigenvalue weighted by molar-refractivity contribution is 0.246. The van der Waals surface area contributed by atoms with Crippen molar-refractivity contribution in [2.45, 2.75) is 0 Å². The number of rotatable bonds is 6. The molecule has 5 nitrogen and oxygen atoms in total. The Hall–Kier alpha value is -2.76. The van der Waals surface area contributed by atoms with Crippen molar-refractivity contribution in [2.24, 2.45) is 0 Å². The second-order valence-electron chi connectivity index (χ2n) is 5.10. The highest BCUT2D eigenvalue weighted by atomic mass is 19.1. The van der Waals surface area contributed by atoms with Crippen LogP contribution in [0.4, 0.5) is 20.6 Å². The maximum atomic E-state index is 13.3. The van der Waals surface area contributed by atoms with Crippen LogP contribution >= 0.6 is 0 Å². The number of nitrogens with zero attached hydrogens (tertiary/aromatic N) is 1. The maximum absolute atomic E-state index is 13.3. The first-order valence-electron chi connectivity index (χ1n) is 7.26. The van der Waals surface area contributed by atoms with E-state index in [1.807, 2.05) is 43.3 Å². The Labute approximate surface area is 135 Å². The van der Waals surface area contributed by atoms with Gasteiger partial charge in [-0.05, 0) is 36.4 Å². The molecule has 0 heterocycles. The van der Waals surface area contributed by atoms with Crippen molar-refractivity contribution in [3.8, 4) is 5.75 Å². The Morgan fingerprint density at radius 3 is 2.48 bits per heavy atom. The summed E-state index contributed by atoms with van der Waals surface area (Å²) in [5, 5.41) is 5.37. The van der Waals surface area contributed by atoms with E-state index in [0.29, 0.717) is 5.69 Å². The molecule has 0 aliphatic rings. The molecule has 0 atom stereocenters. The fourth-order valence-corrected chi connectivity index (χ4v) is 1.91. The summed E-state index contributed by atoms with van der Waals surface area (Å²) in [6, 6.07) is 13.3. The van der Waals surface area contributed by atoms with Gasteiger partial charge in [0.25, 0.3) is 0 Å². The maximum Gasteiger partial charge on any atom is 0.319 e. The Balaban J connectivity index is 1.72. The normalized spacial score (nSPS) is 10.0. The fourth-order valence-electron chi connectivity index (χ4n) is 1.91. The number of hydrogen-bond donors (Lipinski definition) is 2. The Bertz CT molecular complexity index is 645. The number of ether oxygens (including phenoxy) is 1. The molecule has 122 valence electrons. The van der Waals surface area contributed by atoms with Crippen molar-refractivity contribution < 1.29 is 13.9 Å². The van der Waals surface area contributed by atoms with E-state index in [2.05, 4.69) is 10.6 Å². The fraction of sp³-hybridized carbons (Fsp3) is 0.235. The minimum Gasteiger partial charge on any atom is -0.489 e. The summed E-state index contributed by atoms with van der Waals surface area (Å²) in [7, 11) is 3.90. The van der Waals surface area contributed by atoms with Crippen molar-refractivity contribution in [1.82, 2.24) is 5.32 Å². The first-order valence-corrected chi connectivity index (χ1v) is 7.26. The predicted molar refractivity (Wildman–Crippen MR) is 89.7 cm³/mol. The smallest absolute Gasteiger partial charge is 0.319 e. The van der Waals surface area contributed by atoms with E-state index in [-0.39, 0.29) is 24.9 Å². The third-order valence-corrected chi connectivity index (χ3v) is 3.12. The summed E-state index contributed by atoms with van der Waals surface area (Å²) >= 11 is 0. The molecule has 2 amide bonds. The van der Waals surface area contributed by atoms with Crippen molar-refractivity contribution in [3.63, 3.8) is 0 Å². The van der Waals surface area contributed by atoms with Gasteiger partial charge in [0, 0.05) is 25.5 Å². The number of para-hydroxylation sites is 1. The molecule has 0 radical (unpaired) electrons. The lowest BCUT2D eigenvalue weighted by Gasteiger charge is -2.13. The molecule has 0 spiro atoms. The highest BCUT2D eigenvalue weighted by Crippen LogP contribution is 2.16. The van der Waals surface area contributed by atoms with Crippen molar-refractivity contribution >= 4 is 17.4 Å². The first kappa shape index (κ1) is 16.6. The zero-order valence-corrected chi connectivity index (χ0v) is 13.2. The molecule has 0 unspecified atom stereocenters. The molecule has 2 aromatic carbocycles. The molecule has 6 heteroatoms. The van der Waals surface area contributed by atoms with Crippen LogP contribution in [0, 0.1) is 5.82 Å². The number of halogens is 1. The van der Waals surface area contributed by atoms with Crippen LogP contribution in [0.25, 0.3) is 0 Å². The quantitative estimate of drug-likeness (QED) is 0.805. The van der Waals surface area contributed by atoms with Crippen LogP contribution in [-0.4, -0.2) is 33.3 Å². The average molecular weight is 317 g/mol. The van der Waals surface area contributed by atoms with Gasteiger partial charge in [0.15, 0.2) is 11.6 Å². The van der Waals surface area contributed by atoms with Gasteiger partial charge in [0.2, 0.25) is 0 Å². The van der Waals surface area contributed by atoms with Gasteiger partial charge in [-0.3, -0.25) is 0 Å². The minimum atomic E-state index is -0.419. The number of urea groups is 1. The number of amides is 2. The van der Waals surface area contributed by atoms with Crippen LogP contribution in [0.2, 0.25) is 0 Å². The molecular formula is C17H20FN3O2. The molecule has 0 fully saturated rings. The van der Waals surface area contributed by atoms with Gasteiger partial charge in [-0.25, -0.2) is 9.18 Å². The average Bonchev–Trinajstić information content (AvgIpc) is 2.53. The van der Waals surface area contributed by atoms with Crippen LogP contribution in [-0.2, 0) is 0 Å². The van der Waals surface area contributed by atoms with Gasteiger partial charge in [-0.15, -0.1) is 0 Å². The lowest BCUT2D eigenvalue weighted by Crippen LogP contribution is -2.32. The highest BCUT2D eigenvalue weighted by Gasteiger charge is 2.04. The molecule has 23 heavy (non-hydrogen) atoms. The van der Waals surface area contributed by atoms with E-state index in [9.17, 15) is 9.18 Å². The third-order valence-electron chi connectivity index (χ3n) is 3.12. The number of carbonyl (C=O) groups is 1. The van der Waals surface area contributed by atoms with Crippen molar-refractivity contribution in [1.29, 1.82) is 0 Å². The summed E-state index contributed by atoms with van der Waals surface area (Å²) in [4.78, 5) is 13.7. The van der Waals surface area contributed by atoms with Gasteiger partial charge in [-0.1, -0.05) is 12.1 Å². The summed E-state index contributed by atoms with van der Waals surface area (Å²) in [5.41, 5.74) is 1.75. The van der Waals surface area contributed by atoms with Gasteiger partial charge >= 0.3 is 6.03 Å². The Morgan fingerprint density at radius 1 is 1.13 bits per heavy atom. The second kappa shape index (κ2) is 8.03. The third kappa shape index (κ3) is 5.18. The van der Waals surface area contributed by atoms with E-state index in [0.717, 1.165) is 5.69 Å². The van der Waals surface area contributed by atoms with Crippen LogP contribution < -0.4 is 20.3 Å². The number of nitrogens with one attached hydrogen (secondary N) is 2. The molecule has 0 aromatic heterocycles. The Kier molecular flexibility index (Phi) is 5.80. The van der Waals surface area contributed by atoms with E-state index >= 15 is 0 Å². The van der Waals surface area contributed by atoms with E-state index in [4.69, 9.17) is 4.74 Å². The van der Waals surface area contributed by atoms with Gasteiger partial charge in [-0.2, -0.15) is 0 Å². The molecule has 2 aromatic rings. The second-order valence-corrected chi connectivity index (χ2v) is 5.10. The van der Waals surface area contributed by atoms with Crippen LogP contribution in [0.3, 0.4) is 0 Å². The van der Waals surface area contributed by atoms with E-state index in [1.54, 1.807) is 18.2 Å². The highest BCUT2D eigenvalue weighted by molar-refractivity contribution is 5.89. The molecule has 0 aliphatic heterocycles. The Morgan fingerprint density at radius 2 is 1.83 bits per heavy atom. The predicted octanol–water partition coefficient (Wildman–Crippen LogP) is 3.09. The minimum absolute atomic E-state index is 0.175.